The van der Waals surface area contributed by atoms with Crippen LogP contribution in [0.15, 0.2) is 0 Å². The van der Waals surface area contributed by atoms with Crippen molar-refractivity contribution in [1.29, 1.82) is 0 Å². The van der Waals surface area contributed by atoms with Crippen molar-refractivity contribution < 1.29 is 9.47 Å². The summed E-state index contributed by atoms with van der Waals surface area (Å²) in [4.78, 5) is 0. The molecule has 0 aromatic rings. The number of ether oxygens (including phenoxy) is 2. The van der Waals surface area contributed by atoms with Crippen LogP contribution in [-0.2, 0) is 9.47 Å². The van der Waals surface area contributed by atoms with Crippen molar-refractivity contribution in [2.75, 3.05) is 20.3 Å². The molecule has 0 aliphatic carbocycles. The van der Waals surface area contributed by atoms with Crippen LogP contribution in [0.25, 0.3) is 0 Å². The molecule has 1 N–H and O–H groups in total. The molecule has 0 aliphatic rings. The zero-order valence-electron chi connectivity index (χ0n) is 12.5. The fourth-order valence-electron chi connectivity index (χ4n) is 2.18. The van der Waals surface area contributed by atoms with Crippen LogP contribution in [0, 0.1) is 0 Å². The van der Waals surface area contributed by atoms with Crippen LogP contribution >= 0.6 is 0 Å². The standard InChI is InChI=1S/C14H31NO2/c1-7-10-15-13(11-17-12(4)5)14(8-2,9-3)16-6/h12-13,15H,7-11H2,1-6H3. The van der Waals surface area contributed by atoms with E-state index in [1.54, 1.807) is 0 Å². The van der Waals surface area contributed by atoms with Gasteiger partial charge in [0, 0.05) is 7.11 Å². The molecule has 0 heterocycles. The van der Waals surface area contributed by atoms with Gasteiger partial charge in [0.2, 0.25) is 0 Å². The predicted molar refractivity (Wildman–Crippen MR) is 73.5 cm³/mol. The van der Waals surface area contributed by atoms with Gasteiger partial charge < -0.3 is 14.8 Å². The molecule has 0 aromatic carbocycles. The molecule has 0 spiro atoms. The molecule has 0 rings (SSSR count). The van der Waals surface area contributed by atoms with Crippen LogP contribution in [-0.4, -0.2) is 38.0 Å². The quantitative estimate of drug-likeness (QED) is 0.642. The largest absolute Gasteiger partial charge is 0.377 e. The van der Waals surface area contributed by atoms with Crippen molar-refractivity contribution in [2.45, 2.75) is 71.6 Å². The van der Waals surface area contributed by atoms with Crippen LogP contribution in [0.4, 0.5) is 0 Å². The van der Waals surface area contributed by atoms with Crippen LogP contribution in [0.1, 0.15) is 53.9 Å². The van der Waals surface area contributed by atoms with Gasteiger partial charge in [-0.3, -0.25) is 0 Å². The van der Waals surface area contributed by atoms with Crippen molar-refractivity contribution in [2.24, 2.45) is 0 Å². The Morgan fingerprint density at radius 1 is 1.12 bits per heavy atom. The van der Waals surface area contributed by atoms with Crippen LogP contribution < -0.4 is 5.32 Å². The average molecular weight is 245 g/mol. The van der Waals surface area contributed by atoms with E-state index in [0.29, 0.717) is 6.61 Å². The van der Waals surface area contributed by atoms with Gasteiger partial charge in [-0.05, 0) is 39.7 Å². The molecule has 1 unspecified atom stereocenters. The van der Waals surface area contributed by atoms with Crippen molar-refractivity contribution >= 4 is 0 Å². The number of hydrogen-bond acceptors (Lipinski definition) is 3. The Hall–Kier alpha value is -0.120. The summed E-state index contributed by atoms with van der Waals surface area (Å²) in [6.07, 6.45) is 3.40. The van der Waals surface area contributed by atoms with Gasteiger partial charge in [0.1, 0.15) is 0 Å². The number of rotatable bonds is 10. The minimum Gasteiger partial charge on any atom is -0.377 e. The summed E-state index contributed by atoms with van der Waals surface area (Å²) >= 11 is 0. The summed E-state index contributed by atoms with van der Waals surface area (Å²) in [7, 11) is 1.81. The molecule has 3 heteroatoms. The highest BCUT2D eigenvalue weighted by molar-refractivity contribution is 4.91. The van der Waals surface area contributed by atoms with Crippen molar-refractivity contribution in [3.05, 3.63) is 0 Å². The van der Waals surface area contributed by atoms with E-state index in [9.17, 15) is 0 Å². The molecular weight excluding hydrogens is 214 g/mol. The Morgan fingerprint density at radius 3 is 2.06 bits per heavy atom. The predicted octanol–water partition coefficient (Wildman–Crippen LogP) is 2.98. The number of methoxy groups -OCH3 is 1. The number of nitrogens with one attached hydrogen (secondary N) is 1. The van der Waals surface area contributed by atoms with E-state index in [1.807, 2.05) is 7.11 Å². The van der Waals surface area contributed by atoms with Crippen molar-refractivity contribution in [3.8, 4) is 0 Å². The van der Waals surface area contributed by atoms with E-state index in [2.05, 4.69) is 39.9 Å². The lowest BCUT2D eigenvalue weighted by Crippen LogP contribution is -2.54. The summed E-state index contributed by atoms with van der Waals surface area (Å²) < 4.78 is 11.6. The van der Waals surface area contributed by atoms with E-state index in [1.165, 1.54) is 0 Å². The Bertz CT molecular complexity index is 171. The van der Waals surface area contributed by atoms with E-state index in [0.717, 1.165) is 25.8 Å². The molecule has 0 aliphatic heterocycles. The minimum atomic E-state index is -0.107. The maximum absolute atomic E-state index is 5.79. The Morgan fingerprint density at radius 2 is 1.71 bits per heavy atom. The van der Waals surface area contributed by atoms with Gasteiger partial charge in [0.25, 0.3) is 0 Å². The van der Waals surface area contributed by atoms with Gasteiger partial charge in [-0.1, -0.05) is 20.8 Å². The third-order valence-electron chi connectivity index (χ3n) is 3.48. The monoisotopic (exact) mass is 245 g/mol. The SMILES string of the molecule is CCCNC(COC(C)C)C(CC)(CC)OC. The van der Waals surface area contributed by atoms with Crippen LogP contribution in [0.3, 0.4) is 0 Å². The highest BCUT2D eigenvalue weighted by Gasteiger charge is 2.35. The van der Waals surface area contributed by atoms with Gasteiger partial charge in [-0.25, -0.2) is 0 Å². The Kier molecular flexibility index (Phi) is 8.83. The topological polar surface area (TPSA) is 30.5 Å². The van der Waals surface area contributed by atoms with Gasteiger partial charge in [0.15, 0.2) is 0 Å². The third kappa shape index (κ3) is 5.36. The first kappa shape index (κ1) is 16.9. The molecule has 1 atom stereocenters. The fourth-order valence-corrected chi connectivity index (χ4v) is 2.18. The summed E-state index contributed by atoms with van der Waals surface area (Å²) in [5.74, 6) is 0. The molecule has 0 aromatic heterocycles. The van der Waals surface area contributed by atoms with Crippen LogP contribution in [0.5, 0.6) is 0 Å². The van der Waals surface area contributed by atoms with Gasteiger partial charge >= 0.3 is 0 Å². The summed E-state index contributed by atoms with van der Waals surface area (Å²) in [5, 5.41) is 3.57. The van der Waals surface area contributed by atoms with E-state index in [-0.39, 0.29) is 17.7 Å². The second-order valence-electron chi connectivity index (χ2n) is 4.86. The molecule has 3 nitrogen and oxygen atoms in total. The fraction of sp³-hybridized carbons (Fsp3) is 1.00. The lowest BCUT2D eigenvalue weighted by Gasteiger charge is -2.39. The highest BCUT2D eigenvalue weighted by atomic mass is 16.5. The second-order valence-corrected chi connectivity index (χ2v) is 4.86. The van der Waals surface area contributed by atoms with Crippen molar-refractivity contribution in [3.63, 3.8) is 0 Å². The summed E-state index contributed by atoms with van der Waals surface area (Å²) in [5.41, 5.74) is -0.107. The van der Waals surface area contributed by atoms with E-state index in [4.69, 9.17) is 9.47 Å². The minimum absolute atomic E-state index is 0.107. The average Bonchev–Trinajstić information content (AvgIpc) is 2.33. The maximum Gasteiger partial charge on any atom is 0.0848 e. The normalized spacial score (nSPS) is 14.3. The Balaban J connectivity index is 4.60. The molecule has 104 valence electrons. The smallest absolute Gasteiger partial charge is 0.0848 e. The summed E-state index contributed by atoms with van der Waals surface area (Å²) in [6, 6.07) is 0.268. The lowest BCUT2D eigenvalue weighted by atomic mass is 9.88. The molecule has 0 radical (unpaired) electrons. The lowest BCUT2D eigenvalue weighted by molar-refractivity contribution is -0.0761. The zero-order chi connectivity index (χ0) is 13.3. The second kappa shape index (κ2) is 8.90. The molecule has 0 amide bonds. The van der Waals surface area contributed by atoms with E-state index >= 15 is 0 Å². The molecule has 17 heavy (non-hydrogen) atoms. The molecule has 0 saturated carbocycles. The first-order chi connectivity index (χ1) is 8.06. The van der Waals surface area contributed by atoms with Crippen molar-refractivity contribution in [1.82, 2.24) is 5.32 Å². The first-order valence-electron chi connectivity index (χ1n) is 6.96. The summed E-state index contributed by atoms with van der Waals surface area (Å²) in [6.45, 7) is 12.4. The van der Waals surface area contributed by atoms with Gasteiger partial charge in [0.05, 0.1) is 24.4 Å². The molecule has 0 bridgehead atoms. The highest BCUT2D eigenvalue weighted by Crippen LogP contribution is 2.24. The van der Waals surface area contributed by atoms with E-state index < -0.39 is 0 Å². The van der Waals surface area contributed by atoms with Gasteiger partial charge in [-0.2, -0.15) is 0 Å². The maximum atomic E-state index is 5.79. The number of hydrogen-bond donors (Lipinski definition) is 1. The zero-order valence-corrected chi connectivity index (χ0v) is 12.5. The first-order valence-corrected chi connectivity index (χ1v) is 6.96. The molecular formula is C14H31NO2. The molecule has 0 saturated heterocycles. The van der Waals surface area contributed by atoms with Gasteiger partial charge in [-0.15, -0.1) is 0 Å². The third-order valence-corrected chi connectivity index (χ3v) is 3.48. The Labute approximate surface area is 107 Å². The van der Waals surface area contributed by atoms with Crippen LogP contribution in [0.2, 0.25) is 0 Å². The molecule has 0 fully saturated rings.